The summed E-state index contributed by atoms with van der Waals surface area (Å²) in [6.07, 6.45) is 0. The summed E-state index contributed by atoms with van der Waals surface area (Å²) in [5, 5.41) is 14.7. The van der Waals surface area contributed by atoms with Gasteiger partial charge < -0.3 is 15.2 Å². The van der Waals surface area contributed by atoms with Gasteiger partial charge in [0.15, 0.2) is 0 Å². The first kappa shape index (κ1) is 17.2. The number of nitrogens with one attached hydrogen (secondary N) is 1. The molecule has 0 bridgehead atoms. The highest BCUT2D eigenvalue weighted by molar-refractivity contribution is 7.10. The van der Waals surface area contributed by atoms with Gasteiger partial charge in [-0.3, -0.25) is 9.69 Å². The van der Waals surface area contributed by atoms with E-state index in [9.17, 15) is 9.90 Å². The summed E-state index contributed by atoms with van der Waals surface area (Å²) in [5.74, 6) is -0.232. The molecule has 2 heterocycles. The molecule has 3 rings (SSSR count). The molecule has 7 heteroatoms. The minimum Gasteiger partial charge on any atom is -0.506 e. The van der Waals surface area contributed by atoms with E-state index >= 15 is 0 Å². The van der Waals surface area contributed by atoms with Gasteiger partial charge in [0.25, 0.3) is 5.91 Å². The van der Waals surface area contributed by atoms with Gasteiger partial charge >= 0.3 is 0 Å². The molecule has 0 radical (unpaired) electrons. The Bertz CT molecular complexity index is 687. The number of morpholine rings is 1. The fourth-order valence-corrected chi connectivity index (χ4v) is 3.76. The number of halogens is 1. The van der Waals surface area contributed by atoms with Crippen LogP contribution in [0.1, 0.15) is 21.3 Å². The van der Waals surface area contributed by atoms with E-state index in [1.807, 2.05) is 11.4 Å². The van der Waals surface area contributed by atoms with E-state index in [0.717, 1.165) is 13.1 Å². The number of rotatable bonds is 5. The molecule has 1 aromatic carbocycles. The van der Waals surface area contributed by atoms with Gasteiger partial charge in [-0.15, -0.1) is 11.3 Å². The zero-order valence-corrected chi connectivity index (χ0v) is 14.6. The number of benzene rings is 1. The Morgan fingerprint density at radius 1 is 1.38 bits per heavy atom. The number of carbonyl (C=O) groups is 1. The Hall–Kier alpha value is -1.60. The molecule has 1 atom stereocenters. The van der Waals surface area contributed by atoms with Crippen LogP contribution in [0.2, 0.25) is 5.02 Å². The van der Waals surface area contributed by atoms with Gasteiger partial charge in [-0.1, -0.05) is 17.7 Å². The molecule has 1 aliphatic heterocycles. The number of hydrogen-bond donors (Lipinski definition) is 2. The quantitative estimate of drug-likeness (QED) is 0.854. The topological polar surface area (TPSA) is 61.8 Å². The van der Waals surface area contributed by atoms with Crippen LogP contribution in [0, 0.1) is 0 Å². The number of carbonyl (C=O) groups excluding carboxylic acids is 1. The molecule has 2 aromatic rings. The summed E-state index contributed by atoms with van der Waals surface area (Å²) in [5.41, 5.74) is 0.435. The number of ether oxygens (including phenoxy) is 1. The average Bonchev–Trinajstić information content (AvgIpc) is 3.12. The van der Waals surface area contributed by atoms with E-state index < -0.39 is 0 Å². The molecule has 1 fully saturated rings. The maximum Gasteiger partial charge on any atom is 0.251 e. The minimum atomic E-state index is -0.202. The van der Waals surface area contributed by atoms with Crippen LogP contribution in [0.25, 0.3) is 0 Å². The lowest BCUT2D eigenvalue weighted by Crippen LogP contribution is -2.43. The number of phenolic OH excluding ortho intramolecular Hbond substituents is 1. The number of thiophene rings is 1. The number of aromatic hydroxyl groups is 1. The van der Waals surface area contributed by atoms with Gasteiger partial charge in [0, 0.05) is 30.1 Å². The molecule has 5 nitrogen and oxygen atoms in total. The summed E-state index contributed by atoms with van der Waals surface area (Å²) in [6.45, 7) is 3.64. The van der Waals surface area contributed by atoms with E-state index in [4.69, 9.17) is 16.3 Å². The Kier molecular flexibility index (Phi) is 5.73. The monoisotopic (exact) mass is 366 g/mol. The zero-order valence-electron chi connectivity index (χ0n) is 13.1. The van der Waals surface area contributed by atoms with Gasteiger partial charge in [-0.2, -0.15) is 0 Å². The number of hydrogen-bond acceptors (Lipinski definition) is 5. The molecule has 0 aliphatic carbocycles. The second kappa shape index (κ2) is 7.98. The maximum atomic E-state index is 12.4. The molecule has 1 unspecified atom stereocenters. The summed E-state index contributed by atoms with van der Waals surface area (Å²) >= 11 is 7.56. The smallest absolute Gasteiger partial charge is 0.251 e. The van der Waals surface area contributed by atoms with Crippen LogP contribution in [-0.4, -0.2) is 48.8 Å². The molecule has 0 saturated carbocycles. The predicted molar refractivity (Wildman–Crippen MR) is 94.9 cm³/mol. The van der Waals surface area contributed by atoms with E-state index in [1.165, 1.54) is 17.0 Å². The van der Waals surface area contributed by atoms with Gasteiger partial charge in [-0.05, 0) is 29.6 Å². The zero-order chi connectivity index (χ0) is 16.9. The SMILES string of the molecule is O=C(NCC(c1cccs1)N1CCOCC1)c1ccc(O)c(Cl)c1. The first-order valence-electron chi connectivity index (χ1n) is 7.77. The van der Waals surface area contributed by atoms with Crippen molar-refractivity contribution in [2.45, 2.75) is 6.04 Å². The standard InChI is InChI=1S/C17H19ClN2O3S/c18-13-10-12(3-4-15(13)21)17(22)19-11-14(16-2-1-9-24-16)20-5-7-23-8-6-20/h1-4,9-10,14,21H,5-8,11H2,(H,19,22). The predicted octanol–water partition coefficient (Wildman–Crippen LogP) is 2.91. The Labute approximate surface area is 149 Å². The lowest BCUT2D eigenvalue weighted by atomic mass is 10.1. The third-order valence-electron chi connectivity index (χ3n) is 4.02. The second-order valence-electron chi connectivity index (χ2n) is 5.56. The largest absolute Gasteiger partial charge is 0.506 e. The third kappa shape index (κ3) is 4.08. The summed E-state index contributed by atoms with van der Waals surface area (Å²) < 4.78 is 5.42. The van der Waals surface area contributed by atoms with Crippen molar-refractivity contribution in [1.82, 2.24) is 10.2 Å². The van der Waals surface area contributed by atoms with Crippen LogP contribution in [0.15, 0.2) is 35.7 Å². The second-order valence-corrected chi connectivity index (χ2v) is 6.94. The van der Waals surface area contributed by atoms with Crippen LogP contribution < -0.4 is 5.32 Å². The van der Waals surface area contributed by atoms with Crippen molar-refractivity contribution >= 4 is 28.8 Å². The molecule has 0 spiro atoms. The Balaban J connectivity index is 1.68. The third-order valence-corrected chi connectivity index (χ3v) is 5.30. The fraction of sp³-hybridized carbons (Fsp3) is 0.353. The van der Waals surface area contributed by atoms with E-state index in [0.29, 0.717) is 25.3 Å². The summed E-state index contributed by atoms with van der Waals surface area (Å²) in [6, 6.07) is 8.71. The number of phenols is 1. The van der Waals surface area contributed by atoms with Crippen molar-refractivity contribution in [3.8, 4) is 5.75 Å². The molecule has 2 N–H and O–H groups in total. The van der Waals surface area contributed by atoms with Crippen molar-refractivity contribution in [2.75, 3.05) is 32.8 Å². The van der Waals surface area contributed by atoms with E-state index in [1.54, 1.807) is 17.4 Å². The van der Waals surface area contributed by atoms with Gasteiger partial charge in [-0.25, -0.2) is 0 Å². The van der Waals surface area contributed by atoms with Crippen molar-refractivity contribution in [3.05, 3.63) is 51.2 Å². The van der Waals surface area contributed by atoms with Gasteiger partial charge in [0.1, 0.15) is 5.75 Å². The Morgan fingerprint density at radius 3 is 2.83 bits per heavy atom. The van der Waals surface area contributed by atoms with Crippen molar-refractivity contribution in [2.24, 2.45) is 0 Å². The molecular weight excluding hydrogens is 348 g/mol. The molecule has 128 valence electrons. The van der Waals surface area contributed by atoms with Crippen molar-refractivity contribution in [1.29, 1.82) is 0 Å². The molecule has 1 aromatic heterocycles. The highest BCUT2D eigenvalue weighted by atomic mass is 35.5. The van der Waals surface area contributed by atoms with Crippen LogP contribution in [0.3, 0.4) is 0 Å². The Morgan fingerprint density at radius 2 is 2.17 bits per heavy atom. The van der Waals surface area contributed by atoms with Gasteiger partial charge in [0.2, 0.25) is 0 Å². The molecular formula is C17H19ClN2O3S. The van der Waals surface area contributed by atoms with Crippen molar-refractivity contribution < 1.29 is 14.6 Å². The lowest BCUT2D eigenvalue weighted by Gasteiger charge is -2.34. The summed E-state index contributed by atoms with van der Waals surface area (Å²) in [4.78, 5) is 15.9. The van der Waals surface area contributed by atoms with E-state index in [2.05, 4.69) is 16.3 Å². The normalized spacial score (nSPS) is 16.7. The molecule has 1 saturated heterocycles. The molecule has 1 aliphatic rings. The number of nitrogens with zero attached hydrogens (tertiary/aromatic N) is 1. The minimum absolute atomic E-state index is 0.0296. The molecule has 1 amide bonds. The van der Waals surface area contributed by atoms with Crippen LogP contribution >= 0.6 is 22.9 Å². The molecule has 24 heavy (non-hydrogen) atoms. The maximum absolute atomic E-state index is 12.4. The van der Waals surface area contributed by atoms with Crippen LogP contribution in [0.4, 0.5) is 0 Å². The van der Waals surface area contributed by atoms with Crippen LogP contribution in [-0.2, 0) is 4.74 Å². The van der Waals surface area contributed by atoms with Gasteiger partial charge in [0.05, 0.1) is 24.3 Å². The summed E-state index contributed by atoms with van der Waals surface area (Å²) in [7, 11) is 0. The first-order chi connectivity index (χ1) is 11.6. The average molecular weight is 367 g/mol. The fourth-order valence-electron chi connectivity index (χ4n) is 2.72. The highest BCUT2D eigenvalue weighted by Crippen LogP contribution is 2.26. The first-order valence-corrected chi connectivity index (χ1v) is 9.03. The van der Waals surface area contributed by atoms with Crippen molar-refractivity contribution in [3.63, 3.8) is 0 Å². The van der Waals surface area contributed by atoms with Crippen LogP contribution in [0.5, 0.6) is 5.75 Å². The number of amides is 1. The highest BCUT2D eigenvalue weighted by Gasteiger charge is 2.24. The lowest BCUT2D eigenvalue weighted by molar-refractivity contribution is 0.0169. The van der Waals surface area contributed by atoms with E-state index in [-0.39, 0.29) is 22.7 Å².